The number of ether oxygens (including phenoxy) is 2. The van der Waals surface area contributed by atoms with Crippen LogP contribution in [0, 0.1) is 24.0 Å². The van der Waals surface area contributed by atoms with Crippen LogP contribution < -0.4 is 14.8 Å². The van der Waals surface area contributed by atoms with Crippen LogP contribution in [0.1, 0.15) is 27.4 Å². The molecular formula is C21H20N2O6. The zero-order valence-corrected chi connectivity index (χ0v) is 16.2. The number of non-ortho nitro benzene ring substituents is 1. The molecule has 3 rings (SSSR count). The number of aryl methyl sites for hydroxylation is 2. The summed E-state index contributed by atoms with van der Waals surface area (Å²) in [6, 6.07) is 13.1. The number of carbonyl (C=O) groups excluding carboxylic acids is 1. The van der Waals surface area contributed by atoms with Crippen molar-refractivity contribution in [3.8, 4) is 11.5 Å². The molecule has 0 fully saturated rings. The molecule has 1 aromatic heterocycles. The first-order valence-corrected chi connectivity index (χ1v) is 8.79. The van der Waals surface area contributed by atoms with Crippen molar-refractivity contribution in [3.63, 3.8) is 0 Å². The van der Waals surface area contributed by atoms with Crippen molar-refractivity contribution in [2.45, 2.75) is 20.5 Å². The van der Waals surface area contributed by atoms with E-state index in [-0.39, 0.29) is 29.5 Å². The van der Waals surface area contributed by atoms with Crippen molar-refractivity contribution >= 4 is 17.3 Å². The van der Waals surface area contributed by atoms with Crippen molar-refractivity contribution < 1.29 is 23.6 Å². The normalized spacial score (nSPS) is 10.4. The zero-order chi connectivity index (χ0) is 21.0. The lowest BCUT2D eigenvalue weighted by molar-refractivity contribution is -0.384. The minimum atomic E-state index is -0.562. The predicted octanol–water partition coefficient (Wildman–Crippen LogP) is 4.64. The Balaban J connectivity index is 1.69. The van der Waals surface area contributed by atoms with Crippen molar-refractivity contribution in [2.24, 2.45) is 0 Å². The Morgan fingerprint density at radius 3 is 2.66 bits per heavy atom. The molecule has 8 nitrogen and oxygen atoms in total. The van der Waals surface area contributed by atoms with Gasteiger partial charge in [-0.2, -0.15) is 0 Å². The van der Waals surface area contributed by atoms with Crippen molar-refractivity contribution in [2.75, 3.05) is 12.4 Å². The van der Waals surface area contributed by atoms with Gasteiger partial charge in [0, 0.05) is 12.1 Å². The molecule has 150 valence electrons. The van der Waals surface area contributed by atoms with Crippen LogP contribution in [0.3, 0.4) is 0 Å². The Kier molecular flexibility index (Phi) is 5.82. The van der Waals surface area contributed by atoms with E-state index in [9.17, 15) is 14.9 Å². The molecule has 0 radical (unpaired) electrons. The van der Waals surface area contributed by atoms with Crippen LogP contribution in [0.15, 0.2) is 52.9 Å². The van der Waals surface area contributed by atoms with Crippen LogP contribution in [-0.2, 0) is 6.61 Å². The van der Waals surface area contributed by atoms with Gasteiger partial charge < -0.3 is 19.2 Å². The maximum atomic E-state index is 12.4. The monoisotopic (exact) mass is 396 g/mol. The second-order valence-corrected chi connectivity index (χ2v) is 6.45. The third-order valence-corrected chi connectivity index (χ3v) is 4.19. The number of amides is 1. The Hall–Kier alpha value is -3.81. The van der Waals surface area contributed by atoms with Gasteiger partial charge in [0.25, 0.3) is 11.6 Å². The molecule has 0 atom stereocenters. The largest absolute Gasteiger partial charge is 0.496 e. The van der Waals surface area contributed by atoms with Gasteiger partial charge in [0.15, 0.2) is 5.76 Å². The first-order chi connectivity index (χ1) is 13.9. The van der Waals surface area contributed by atoms with Gasteiger partial charge in [-0.15, -0.1) is 0 Å². The lowest BCUT2D eigenvalue weighted by Gasteiger charge is -2.08. The number of nitrogens with one attached hydrogen (secondary N) is 1. The summed E-state index contributed by atoms with van der Waals surface area (Å²) in [5.74, 6) is 1.01. The zero-order valence-electron chi connectivity index (χ0n) is 16.2. The highest BCUT2D eigenvalue weighted by Gasteiger charge is 2.16. The van der Waals surface area contributed by atoms with Crippen LogP contribution in [0.2, 0.25) is 0 Å². The van der Waals surface area contributed by atoms with Crippen molar-refractivity contribution in [1.82, 2.24) is 0 Å². The Bertz CT molecular complexity index is 1060. The number of anilines is 1. The maximum Gasteiger partial charge on any atom is 0.291 e. The number of furan rings is 1. The highest BCUT2D eigenvalue weighted by atomic mass is 16.6. The number of carbonyl (C=O) groups is 1. The van der Waals surface area contributed by atoms with Gasteiger partial charge in [-0.25, -0.2) is 0 Å². The van der Waals surface area contributed by atoms with Gasteiger partial charge in [-0.3, -0.25) is 14.9 Å². The van der Waals surface area contributed by atoms with Crippen LogP contribution >= 0.6 is 0 Å². The van der Waals surface area contributed by atoms with E-state index in [4.69, 9.17) is 13.9 Å². The molecule has 0 bridgehead atoms. The number of hydrogen-bond acceptors (Lipinski definition) is 6. The van der Waals surface area contributed by atoms with E-state index >= 15 is 0 Å². The SMILES string of the molecule is COc1cc(NC(=O)c2ccc(COc3cc(C)ccc3C)o2)cc([N+](=O)[O-])c1. The number of rotatable bonds is 7. The standard InChI is InChI=1S/C21H20N2O6/c1-13-4-5-14(2)20(8-13)28-12-17-6-7-19(29-17)21(24)22-15-9-16(23(25)26)11-18(10-15)27-3/h4-11H,12H2,1-3H3,(H,22,24). The van der Waals surface area contributed by atoms with E-state index in [1.54, 1.807) is 6.07 Å². The van der Waals surface area contributed by atoms with Gasteiger partial charge in [0.1, 0.15) is 23.9 Å². The second-order valence-electron chi connectivity index (χ2n) is 6.45. The molecule has 0 spiro atoms. The van der Waals surface area contributed by atoms with Crippen LogP contribution in [0.25, 0.3) is 0 Å². The lowest BCUT2D eigenvalue weighted by Crippen LogP contribution is -2.11. The van der Waals surface area contributed by atoms with Crippen molar-refractivity contribution in [3.05, 3.63) is 81.3 Å². The molecular weight excluding hydrogens is 376 g/mol. The Morgan fingerprint density at radius 1 is 1.14 bits per heavy atom. The molecule has 0 aliphatic rings. The molecule has 1 amide bonds. The molecule has 0 saturated heterocycles. The van der Waals surface area contributed by atoms with Gasteiger partial charge in [0.2, 0.25) is 0 Å². The molecule has 2 aromatic carbocycles. The molecule has 0 aliphatic carbocycles. The first kappa shape index (κ1) is 19.9. The highest BCUT2D eigenvalue weighted by Crippen LogP contribution is 2.26. The smallest absolute Gasteiger partial charge is 0.291 e. The van der Waals surface area contributed by atoms with E-state index in [0.717, 1.165) is 16.9 Å². The van der Waals surface area contributed by atoms with E-state index in [1.165, 1.54) is 31.4 Å². The summed E-state index contributed by atoms with van der Waals surface area (Å²) in [4.78, 5) is 22.9. The van der Waals surface area contributed by atoms with E-state index < -0.39 is 10.8 Å². The fourth-order valence-electron chi connectivity index (χ4n) is 2.66. The number of nitrogens with zero attached hydrogens (tertiary/aromatic N) is 1. The summed E-state index contributed by atoms with van der Waals surface area (Å²) in [5.41, 5.74) is 2.12. The number of methoxy groups -OCH3 is 1. The van der Waals surface area contributed by atoms with E-state index in [1.807, 2.05) is 32.0 Å². The summed E-state index contributed by atoms with van der Waals surface area (Å²) in [6.07, 6.45) is 0. The molecule has 0 aliphatic heterocycles. The van der Waals surface area contributed by atoms with Gasteiger partial charge in [0.05, 0.1) is 23.8 Å². The number of nitro benzene ring substituents is 1. The lowest BCUT2D eigenvalue weighted by atomic mass is 10.1. The summed E-state index contributed by atoms with van der Waals surface area (Å²) in [7, 11) is 1.39. The van der Waals surface area contributed by atoms with Crippen LogP contribution in [0.4, 0.5) is 11.4 Å². The number of hydrogen-bond donors (Lipinski definition) is 1. The predicted molar refractivity (Wildman–Crippen MR) is 107 cm³/mol. The molecule has 1 N–H and O–H groups in total. The summed E-state index contributed by atoms with van der Waals surface area (Å²) in [6.45, 7) is 4.09. The van der Waals surface area contributed by atoms with Gasteiger partial charge in [-0.05, 0) is 43.2 Å². The van der Waals surface area contributed by atoms with Gasteiger partial charge >= 0.3 is 0 Å². The molecule has 1 heterocycles. The third-order valence-electron chi connectivity index (χ3n) is 4.19. The third kappa shape index (κ3) is 4.92. The van der Waals surface area contributed by atoms with Gasteiger partial charge in [-0.1, -0.05) is 12.1 Å². The molecule has 0 saturated carbocycles. The maximum absolute atomic E-state index is 12.4. The quantitative estimate of drug-likeness (QED) is 0.461. The average Bonchev–Trinajstić information content (AvgIpc) is 3.17. The minimum Gasteiger partial charge on any atom is -0.496 e. The van der Waals surface area contributed by atoms with E-state index in [0.29, 0.717) is 5.76 Å². The summed E-state index contributed by atoms with van der Waals surface area (Å²) in [5, 5.41) is 13.6. The Morgan fingerprint density at radius 2 is 1.93 bits per heavy atom. The summed E-state index contributed by atoms with van der Waals surface area (Å²) >= 11 is 0. The second kappa shape index (κ2) is 8.47. The molecule has 29 heavy (non-hydrogen) atoms. The number of benzene rings is 2. The molecule has 3 aromatic rings. The number of nitro groups is 1. The fraction of sp³-hybridized carbons (Fsp3) is 0.190. The molecule has 0 unspecified atom stereocenters. The van der Waals surface area contributed by atoms with E-state index in [2.05, 4.69) is 5.32 Å². The highest BCUT2D eigenvalue weighted by molar-refractivity contribution is 6.02. The molecule has 8 heteroatoms. The average molecular weight is 396 g/mol. The minimum absolute atomic E-state index is 0.0648. The Labute approximate surface area is 167 Å². The van der Waals surface area contributed by atoms with Crippen LogP contribution in [0.5, 0.6) is 11.5 Å². The first-order valence-electron chi connectivity index (χ1n) is 8.79. The summed E-state index contributed by atoms with van der Waals surface area (Å²) < 4.78 is 16.3. The van der Waals surface area contributed by atoms with Crippen molar-refractivity contribution in [1.29, 1.82) is 0 Å². The van der Waals surface area contributed by atoms with Crippen LogP contribution in [-0.4, -0.2) is 17.9 Å². The topological polar surface area (TPSA) is 104 Å². The fourth-order valence-corrected chi connectivity index (χ4v) is 2.66.